The van der Waals surface area contributed by atoms with Crippen molar-refractivity contribution >= 4 is 22.6 Å². The summed E-state index contributed by atoms with van der Waals surface area (Å²) in [6.45, 7) is 7.29. The number of carbonyl (C=O) groups excluding carboxylic acids is 1. The van der Waals surface area contributed by atoms with E-state index in [1.807, 2.05) is 24.3 Å². The topological polar surface area (TPSA) is 45.7 Å². The summed E-state index contributed by atoms with van der Waals surface area (Å²) in [6.07, 6.45) is 1.63. The Kier molecular flexibility index (Phi) is 4.24. The average molecular weight is 299 g/mol. The molecule has 1 aromatic heterocycles. The summed E-state index contributed by atoms with van der Waals surface area (Å²) in [4.78, 5) is 21.2. The van der Waals surface area contributed by atoms with E-state index >= 15 is 0 Å². The van der Waals surface area contributed by atoms with Crippen molar-refractivity contribution in [3.05, 3.63) is 36.0 Å². The smallest absolute Gasteiger partial charge is 0.340 e. The van der Waals surface area contributed by atoms with Crippen molar-refractivity contribution in [3.8, 4) is 0 Å². The molecule has 2 heterocycles. The average Bonchev–Trinajstić information content (AvgIpc) is 2.60. The van der Waals surface area contributed by atoms with Gasteiger partial charge in [-0.3, -0.25) is 0 Å². The third-order valence-electron chi connectivity index (χ3n) is 4.30. The lowest BCUT2D eigenvalue weighted by Crippen LogP contribution is -2.46. The van der Waals surface area contributed by atoms with Crippen LogP contribution in [-0.2, 0) is 4.74 Å². The third kappa shape index (κ3) is 2.64. The van der Waals surface area contributed by atoms with Crippen LogP contribution in [0.25, 0.3) is 10.8 Å². The summed E-state index contributed by atoms with van der Waals surface area (Å²) in [6, 6.07) is 7.90. The lowest BCUT2D eigenvalue weighted by molar-refractivity contribution is 0.0602. The zero-order valence-corrected chi connectivity index (χ0v) is 13.1. The number of esters is 1. The van der Waals surface area contributed by atoms with E-state index in [-0.39, 0.29) is 5.97 Å². The number of rotatable bonds is 3. The van der Waals surface area contributed by atoms with E-state index in [1.165, 1.54) is 7.11 Å². The number of methoxy groups -OCH3 is 1. The van der Waals surface area contributed by atoms with Gasteiger partial charge in [-0.2, -0.15) is 0 Å². The maximum atomic E-state index is 11.9. The maximum absolute atomic E-state index is 11.9. The van der Waals surface area contributed by atoms with Crippen molar-refractivity contribution in [3.63, 3.8) is 0 Å². The summed E-state index contributed by atoms with van der Waals surface area (Å²) >= 11 is 0. The molecule has 1 aromatic carbocycles. The van der Waals surface area contributed by atoms with Crippen LogP contribution in [0.1, 0.15) is 17.3 Å². The summed E-state index contributed by atoms with van der Waals surface area (Å²) in [5, 5.41) is 1.91. The highest BCUT2D eigenvalue weighted by Crippen LogP contribution is 2.28. The summed E-state index contributed by atoms with van der Waals surface area (Å²) < 4.78 is 4.86. The van der Waals surface area contributed by atoms with E-state index in [0.717, 1.165) is 49.3 Å². The number of piperazine rings is 1. The Balaban J connectivity index is 2.00. The van der Waals surface area contributed by atoms with Gasteiger partial charge in [-0.25, -0.2) is 9.78 Å². The number of carbonyl (C=O) groups is 1. The highest BCUT2D eigenvalue weighted by atomic mass is 16.5. The molecule has 0 aliphatic carbocycles. The first-order valence-corrected chi connectivity index (χ1v) is 7.68. The first-order valence-electron chi connectivity index (χ1n) is 7.68. The third-order valence-corrected chi connectivity index (χ3v) is 4.30. The van der Waals surface area contributed by atoms with Crippen LogP contribution >= 0.6 is 0 Å². The molecule has 0 N–H and O–H groups in total. The number of ether oxygens (including phenoxy) is 1. The molecule has 22 heavy (non-hydrogen) atoms. The molecule has 1 aliphatic heterocycles. The van der Waals surface area contributed by atoms with E-state index in [4.69, 9.17) is 4.74 Å². The number of fused-ring (bicyclic) bond motifs is 1. The molecule has 1 fully saturated rings. The molecule has 1 aliphatic rings. The van der Waals surface area contributed by atoms with Gasteiger partial charge in [0.1, 0.15) is 5.82 Å². The molecular formula is C17H21N3O2. The Bertz CT molecular complexity index is 679. The molecule has 2 aromatic rings. The van der Waals surface area contributed by atoms with Gasteiger partial charge in [-0.05, 0) is 6.54 Å². The molecule has 0 unspecified atom stereocenters. The van der Waals surface area contributed by atoms with Crippen LogP contribution < -0.4 is 4.90 Å². The van der Waals surface area contributed by atoms with Crippen molar-refractivity contribution in [2.75, 3.05) is 44.7 Å². The number of anilines is 1. The number of pyridine rings is 1. The number of nitrogens with zero attached hydrogens (tertiary/aromatic N) is 3. The lowest BCUT2D eigenvalue weighted by Gasteiger charge is -2.35. The monoisotopic (exact) mass is 299 g/mol. The largest absolute Gasteiger partial charge is 0.465 e. The molecule has 5 heteroatoms. The Hall–Kier alpha value is -2.14. The minimum absolute atomic E-state index is 0.342. The fourth-order valence-electron chi connectivity index (χ4n) is 2.98. The predicted octanol–water partition coefficient (Wildman–Crippen LogP) is 2.16. The second kappa shape index (κ2) is 6.32. The molecule has 0 saturated carbocycles. The molecule has 0 bridgehead atoms. The van der Waals surface area contributed by atoms with Crippen LogP contribution in [0.4, 0.5) is 5.82 Å². The van der Waals surface area contributed by atoms with Gasteiger partial charge in [-0.15, -0.1) is 0 Å². The molecule has 0 atom stereocenters. The van der Waals surface area contributed by atoms with Gasteiger partial charge in [-0.1, -0.05) is 31.2 Å². The highest BCUT2D eigenvalue weighted by Gasteiger charge is 2.20. The minimum Gasteiger partial charge on any atom is -0.465 e. The normalized spacial score (nSPS) is 16.0. The van der Waals surface area contributed by atoms with E-state index < -0.39 is 0 Å². The molecule has 1 saturated heterocycles. The summed E-state index contributed by atoms with van der Waals surface area (Å²) in [5.41, 5.74) is 0.522. The molecule has 3 rings (SSSR count). The van der Waals surface area contributed by atoms with E-state index in [9.17, 15) is 4.79 Å². The predicted molar refractivity (Wildman–Crippen MR) is 87.4 cm³/mol. The molecule has 0 spiro atoms. The van der Waals surface area contributed by atoms with Crippen LogP contribution in [-0.4, -0.2) is 55.7 Å². The summed E-state index contributed by atoms with van der Waals surface area (Å²) in [5.74, 6) is 0.616. The van der Waals surface area contributed by atoms with Crippen molar-refractivity contribution in [1.82, 2.24) is 9.88 Å². The maximum Gasteiger partial charge on any atom is 0.340 e. The van der Waals surface area contributed by atoms with Gasteiger partial charge in [0.15, 0.2) is 0 Å². The number of benzene rings is 1. The van der Waals surface area contributed by atoms with Crippen LogP contribution in [0.2, 0.25) is 0 Å². The van der Waals surface area contributed by atoms with Gasteiger partial charge in [0, 0.05) is 43.1 Å². The Morgan fingerprint density at radius 2 is 1.86 bits per heavy atom. The Labute approximate surface area is 130 Å². The van der Waals surface area contributed by atoms with Gasteiger partial charge in [0.25, 0.3) is 0 Å². The van der Waals surface area contributed by atoms with Crippen molar-refractivity contribution in [2.45, 2.75) is 6.92 Å². The van der Waals surface area contributed by atoms with E-state index in [1.54, 1.807) is 6.20 Å². The van der Waals surface area contributed by atoms with Gasteiger partial charge < -0.3 is 14.5 Å². The fourth-order valence-corrected chi connectivity index (χ4v) is 2.98. The number of hydrogen-bond acceptors (Lipinski definition) is 5. The number of aromatic nitrogens is 1. The Morgan fingerprint density at radius 3 is 2.50 bits per heavy atom. The molecule has 0 amide bonds. The molecule has 0 radical (unpaired) electrons. The van der Waals surface area contributed by atoms with Gasteiger partial charge in [0.05, 0.1) is 12.7 Å². The number of likely N-dealkylation sites (N-methyl/N-ethyl adjacent to an activating group) is 1. The molecule has 116 valence electrons. The zero-order chi connectivity index (χ0) is 15.5. The van der Waals surface area contributed by atoms with Gasteiger partial charge >= 0.3 is 5.97 Å². The van der Waals surface area contributed by atoms with Crippen molar-refractivity contribution in [2.24, 2.45) is 0 Å². The first kappa shape index (κ1) is 14.8. The molecular weight excluding hydrogens is 278 g/mol. The quantitative estimate of drug-likeness (QED) is 0.813. The SMILES string of the molecule is CCN1CCN(c2ncc(C(=O)OC)c3ccccc23)CC1. The zero-order valence-electron chi connectivity index (χ0n) is 13.1. The van der Waals surface area contributed by atoms with E-state index in [2.05, 4.69) is 21.7 Å². The van der Waals surface area contributed by atoms with Crippen molar-refractivity contribution < 1.29 is 9.53 Å². The second-order valence-corrected chi connectivity index (χ2v) is 5.45. The summed E-state index contributed by atoms with van der Waals surface area (Å²) in [7, 11) is 1.40. The molecule has 5 nitrogen and oxygen atoms in total. The van der Waals surface area contributed by atoms with Crippen molar-refractivity contribution in [1.29, 1.82) is 0 Å². The van der Waals surface area contributed by atoms with E-state index in [0.29, 0.717) is 5.56 Å². The lowest BCUT2D eigenvalue weighted by atomic mass is 10.1. The fraction of sp³-hybridized carbons (Fsp3) is 0.412. The standard InChI is InChI=1S/C17H21N3O2/c1-3-19-8-10-20(11-9-19)16-14-7-5-4-6-13(14)15(12-18-16)17(21)22-2/h4-7,12H,3,8-11H2,1-2H3. The minimum atomic E-state index is -0.342. The first-order chi connectivity index (χ1) is 10.7. The van der Waals surface area contributed by atoms with Gasteiger partial charge in [0.2, 0.25) is 0 Å². The van der Waals surface area contributed by atoms with Crippen LogP contribution in [0, 0.1) is 0 Å². The number of hydrogen-bond donors (Lipinski definition) is 0. The van der Waals surface area contributed by atoms with Crippen LogP contribution in [0.3, 0.4) is 0 Å². The second-order valence-electron chi connectivity index (χ2n) is 5.45. The van der Waals surface area contributed by atoms with Crippen LogP contribution in [0.5, 0.6) is 0 Å². The Morgan fingerprint density at radius 1 is 1.18 bits per heavy atom. The highest BCUT2D eigenvalue weighted by molar-refractivity contribution is 6.07. The van der Waals surface area contributed by atoms with Crippen LogP contribution in [0.15, 0.2) is 30.5 Å².